The van der Waals surface area contributed by atoms with Gasteiger partial charge in [0.15, 0.2) is 16.4 Å². The third kappa shape index (κ3) is 5.03. The fourth-order valence-corrected chi connectivity index (χ4v) is 4.74. The van der Waals surface area contributed by atoms with Crippen LogP contribution in [0.25, 0.3) is 0 Å². The highest BCUT2D eigenvalue weighted by molar-refractivity contribution is 7.91. The Bertz CT molecular complexity index is 916. The molecule has 0 N–H and O–H groups in total. The van der Waals surface area contributed by atoms with Crippen LogP contribution in [0, 0.1) is 11.6 Å². The van der Waals surface area contributed by atoms with Crippen LogP contribution in [0.15, 0.2) is 48.5 Å². The Morgan fingerprint density at radius 1 is 1.11 bits per heavy atom. The number of carbonyl (C=O) groups is 1. The van der Waals surface area contributed by atoms with E-state index in [0.29, 0.717) is 17.7 Å². The molecule has 1 heterocycles. The van der Waals surface area contributed by atoms with Crippen molar-refractivity contribution in [2.45, 2.75) is 19.0 Å². The lowest BCUT2D eigenvalue weighted by molar-refractivity contribution is -0.136. The second kappa shape index (κ2) is 8.04. The zero-order valence-corrected chi connectivity index (χ0v) is 15.3. The van der Waals surface area contributed by atoms with Gasteiger partial charge in [-0.1, -0.05) is 18.2 Å². The largest absolute Gasteiger partial charge is 0.484 e. The maximum atomic E-state index is 14.0. The number of carbonyl (C=O) groups excluding carboxylic acids is 1. The van der Waals surface area contributed by atoms with Crippen molar-refractivity contribution in [2.24, 2.45) is 0 Å². The van der Waals surface area contributed by atoms with Gasteiger partial charge in [-0.25, -0.2) is 17.2 Å². The molecule has 0 saturated carbocycles. The molecular weight excluding hydrogens is 376 g/mol. The Morgan fingerprint density at radius 2 is 1.81 bits per heavy atom. The topological polar surface area (TPSA) is 63.7 Å². The van der Waals surface area contributed by atoms with Crippen LogP contribution in [0.4, 0.5) is 8.78 Å². The molecule has 5 nitrogen and oxygen atoms in total. The minimum Gasteiger partial charge on any atom is -0.484 e. The fourth-order valence-electron chi connectivity index (χ4n) is 3.01. The molecule has 0 aliphatic carbocycles. The average Bonchev–Trinajstić information content (AvgIpc) is 3.00. The van der Waals surface area contributed by atoms with Gasteiger partial charge in [-0.2, -0.15) is 0 Å². The van der Waals surface area contributed by atoms with E-state index in [-0.39, 0.29) is 24.7 Å². The normalized spacial score (nSPS) is 18.2. The maximum Gasteiger partial charge on any atom is 0.261 e. The van der Waals surface area contributed by atoms with Crippen molar-refractivity contribution >= 4 is 15.7 Å². The third-order valence-electron chi connectivity index (χ3n) is 4.44. The van der Waals surface area contributed by atoms with E-state index < -0.39 is 33.4 Å². The molecule has 1 aliphatic rings. The number of hydrogen-bond acceptors (Lipinski definition) is 4. The summed E-state index contributed by atoms with van der Waals surface area (Å²) in [6, 6.07) is 10.7. The minimum atomic E-state index is -3.22. The summed E-state index contributed by atoms with van der Waals surface area (Å²) < 4.78 is 56.0. The predicted molar refractivity (Wildman–Crippen MR) is 95.9 cm³/mol. The van der Waals surface area contributed by atoms with E-state index in [0.717, 1.165) is 0 Å². The molecular formula is C19H19F2NO4S. The van der Waals surface area contributed by atoms with E-state index in [9.17, 15) is 22.0 Å². The smallest absolute Gasteiger partial charge is 0.261 e. The van der Waals surface area contributed by atoms with E-state index in [1.165, 1.54) is 35.2 Å². The van der Waals surface area contributed by atoms with Crippen molar-refractivity contribution in [3.05, 3.63) is 65.7 Å². The molecule has 1 saturated heterocycles. The zero-order valence-electron chi connectivity index (χ0n) is 14.5. The van der Waals surface area contributed by atoms with Crippen LogP contribution in [0.2, 0.25) is 0 Å². The highest BCUT2D eigenvalue weighted by Gasteiger charge is 2.35. The van der Waals surface area contributed by atoms with Gasteiger partial charge in [-0.15, -0.1) is 0 Å². The molecule has 144 valence electrons. The Morgan fingerprint density at radius 3 is 2.44 bits per heavy atom. The summed E-state index contributed by atoms with van der Waals surface area (Å²) in [6.45, 7) is -0.394. The number of sulfone groups is 1. The second-order valence-electron chi connectivity index (χ2n) is 6.41. The van der Waals surface area contributed by atoms with E-state index in [2.05, 4.69) is 0 Å². The molecule has 3 rings (SSSR count). The number of benzene rings is 2. The van der Waals surface area contributed by atoms with Crippen LogP contribution in [-0.2, 0) is 21.2 Å². The zero-order chi connectivity index (χ0) is 19.4. The molecule has 1 aliphatic heterocycles. The van der Waals surface area contributed by atoms with Gasteiger partial charge in [-0.3, -0.25) is 4.79 Å². The summed E-state index contributed by atoms with van der Waals surface area (Å²) in [7, 11) is -3.22. The molecule has 8 heteroatoms. The van der Waals surface area contributed by atoms with E-state index in [1.807, 2.05) is 0 Å². The number of hydrogen-bond donors (Lipinski definition) is 0. The Balaban J connectivity index is 1.75. The first-order valence-electron chi connectivity index (χ1n) is 8.46. The highest BCUT2D eigenvalue weighted by atomic mass is 32.2. The summed E-state index contributed by atoms with van der Waals surface area (Å²) in [5, 5.41) is 0. The van der Waals surface area contributed by atoms with Gasteiger partial charge < -0.3 is 9.64 Å². The molecule has 0 unspecified atom stereocenters. The summed E-state index contributed by atoms with van der Waals surface area (Å²) in [6.07, 6.45) is 0.305. The van der Waals surface area contributed by atoms with Gasteiger partial charge in [0, 0.05) is 18.2 Å². The van der Waals surface area contributed by atoms with E-state index in [4.69, 9.17) is 4.74 Å². The summed E-state index contributed by atoms with van der Waals surface area (Å²) in [5.41, 5.74) is 0.303. The molecule has 0 bridgehead atoms. The number of amides is 1. The molecule has 1 amide bonds. The number of rotatable bonds is 6. The minimum absolute atomic E-state index is 0.00244. The number of ether oxygens (including phenoxy) is 1. The quantitative estimate of drug-likeness (QED) is 0.754. The molecule has 2 aromatic rings. The van der Waals surface area contributed by atoms with Gasteiger partial charge >= 0.3 is 0 Å². The first kappa shape index (κ1) is 19.3. The predicted octanol–water partition coefficient (Wildman–Crippen LogP) is 2.56. The van der Waals surface area contributed by atoms with Crippen molar-refractivity contribution in [3.8, 4) is 5.75 Å². The van der Waals surface area contributed by atoms with Crippen LogP contribution in [0.1, 0.15) is 12.0 Å². The molecule has 1 atom stereocenters. The summed E-state index contributed by atoms with van der Waals surface area (Å²) >= 11 is 0. The van der Waals surface area contributed by atoms with Crippen molar-refractivity contribution in [2.75, 3.05) is 18.1 Å². The second-order valence-corrected chi connectivity index (χ2v) is 8.64. The molecule has 0 radical (unpaired) electrons. The summed E-state index contributed by atoms with van der Waals surface area (Å²) in [4.78, 5) is 14.1. The highest BCUT2D eigenvalue weighted by Crippen LogP contribution is 2.22. The van der Waals surface area contributed by atoms with Crippen LogP contribution < -0.4 is 4.74 Å². The van der Waals surface area contributed by atoms with Crippen LogP contribution in [0.5, 0.6) is 5.75 Å². The van der Waals surface area contributed by atoms with Crippen LogP contribution in [-0.4, -0.2) is 43.4 Å². The average molecular weight is 395 g/mol. The van der Waals surface area contributed by atoms with Gasteiger partial charge in [0.1, 0.15) is 17.4 Å². The van der Waals surface area contributed by atoms with Crippen molar-refractivity contribution in [1.82, 2.24) is 4.90 Å². The molecule has 27 heavy (non-hydrogen) atoms. The summed E-state index contributed by atoms with van der Waals surface area (Å²) in [5.74, 6) is -1.18. The number of halogens is 2. The monoisotopic (exact) mass is 395 g/mol. The van der Waals surface area contributed by atoms with E-state index >= 15 is 0 Å². The van der Waals surface area contributed by atoms with Gasteiger partial charge in [0.2, 0.25) is 0 Å². The SMILES string of the molecule is O=C(COc1ccc(F)cc1)N(Cc1ccccc1F)[C@@H]1CCS(=O)(=O)C1. The standard InChI is InChI=1S/C19H19F2NO4S/c20-15-5-7-17(8-6-15)26-12-19(23)22(16-9-10-27(24,25)13-16)11-14-3-1-2-4-18(14)21/h1-8,16H,9-13H2/t16-/m1/s1. The van der Waals surface area contributed by atoms with E-state index in [1.54, 1.807) is 18.2 Å². The lowest BCUT2D eigenvalue weighted by Crippen LogP contribution is -2.43. The molecule has 2 aromatic carbocycles. The first-order valence-corrected chi connectivity index (χ1v) is 10.3. The van der Waals surface area contributed by atoms with Gasteiger partial charge in [0.25, 0.3) is 5.91 Å². The molecule has 0 spiro atoms. The Kier molecular flexibility index (Phi) is 5.74. The Hall–Kier alpha value is -2.48. The van der Waals surface area contributed by atoms with Gasteiger partial charge in [0.05, 0.1) is 11.5 Å². The van der Waals surface area contributed by atoms with Crippen molar-refractivity contribution < 1.29 is 26.7 Å². The van der Waals surface area contributed by atoms with Gasteiger partial charge in [-0.05, 0) is 36.8 Å². The third-order valence-corrected chi connectivity index (χ3v) is 6.19. The Labute approximate surface area is 156 Å². The molecule has 0 aromatic heterocycles. The lowest BCUT2D eigenvalue weighted by atomic mass is 10.1. The molecule has 1 fully saturated rings. The van der Waals surface area contributed by atoms with Crippen LogP contribution in [0.3, 0.4) is 0 Å². The lowest BCUT2D eigenvalue weighted by Gasteiger charge is -2.28. The first-order chi connectivity index (χ1) is 12.8. The van der Waals surface area contributed by atoms with Crippen molar-refractivity contribution in [1.29, 1.82) is 0 Å². The van der Waals surface area contributed by atoms with Crippen LogP contribution >= 0.6 is 0 Å². The fraction of sp³-hybridized carbons (Fsp3) is 0.316. The maximum absolute atomic E-state index is 14.0. The number of nitrogens with zero attached hydrogens (tertiary/aromatic N) is 1. The van der Waals surface area contributed by atoms with Crippen molar-refractivity contribution in [3.63, 3.8) is 0 Å².